The van der Waals surface area contributed by atoms with Gasteiger partial charge in [0.15, 0.2) is 0 Å². The second-order valence-corrected chi connectivity index (χ2v) is 4.09. The molecule has 7 nitrogen and oxygen atoms in total. The molecular weight excluding hydrogens is 281 g/mol. The molecule has 0 saturated carbocycles. The Morgan fingerprint density at radius 1 is 1.29 bits per heavy atom. The molecular formula is C13H12FN3O4. The smallest absolute Gasteiger partial charge is 0.364 e. The van der Waals surface area contributed by atoms with Crippen molar-refractivity contribution in [2.45, 2.75) is 6.92 Å². The van der Waals surface area contributed by atoms with Gasteiger partial charge in [0.2, 0.25) is 5.69 Å². The van der Waals surface area contributed by atoms with E-state index in [9.17, 15) is 18.8 Å². The van der Waals surface area contributed by atoms with E-state index in [-0.39, 0.29) is 12.3 Å². The van der Waals surface area contributed by atoms with Crippen LogP contribution >= 0.6 is 0 Å². The topological polar surface area (TPSA) is 83.2 Å². The largest absolute Gasteiger partial charge is 0.461 e. The van der Waals surface area contributed by atoms with Gasteiger partial charge < -0.3 is 4.74 Å². The highest BCUT2D eigenvalue weighted by atomic mass is 19.1. The molecule has 0 spiro atoms. The van der Waals surface area contributed by atoms with Gasteiger partial charge in [-0.25, -0.2) is 23.2 Å². The van der Waals surface area contributed by atoms with E-state index < -0.39 is 28.7 Å². The van der Waals surface area contributed by atoms with E-state index in [0.29, 0.717) is 0 Å². The highest BCUT2D eigenvalue weighted by Crippen LogP contribution is 2.04. The molecule has 0 aliphatic rings. The normalized spacial score (nSPS) is 10.4. The number of benzene rings is 1. The molecule has 0 fully saturated rings. The second-order valence-electron chi connectivity index (χ2n) is 4.09. The first-order chi connectivity index (χ1) is 9.95. The van der Waals surface area contributed by atoms with E-state index in [1.54, 1.807) is 6.92 Å². The number of rotatable bonds is 3. The van der Waals surface area contributed by atoms with Crippen LogP contribution in [0.1, 0.15) is 17.4 Å². The number of hydrogen-bond donors (Lipinski definition) is 0. The summed E-state index contributed by atoms with van der Waals surface area (Å²) < 4.78 is 19.2. The Balaban J connectivity index is 2.71. The van der Waals surface area contributed by atoms with Gasteiger partial charge in [0.1, 0.15) is 5.82 Å². The van der Waals surface area contributed by atoms with Gasteiger partial charge in [0.05, 0.1) is 12.3 Å². The Kier molecular flexibility index (Phi) is 3.97. The number of aryl methyl sites for hydroxylation is 1. The van der Waals surface area contributed by atoms with Gasteiger partial charge in [0.25, 0.3) is 5.56 Å². The molecule has 0 radical (unpaired) electrons. The van der Waals surface area contributed by atoms with Crippen LogP contribution in [0.5, 0.6) is 0 Å². The van der Waals surface area contributed by atoms with Crippen molar-refractivity contribution in [3.63, 3.8) is 0 Å². The van der Waals surface area contributed by atoms with Crippen LogP contribution in [0.25, 0.3) is 5.69 Å². The van der Waals surface area contributed by atoms with Gasteiger partial charge in [0, 0.05) is 7.05 Å². The van der Waals surface area contributed by atoms with Crippen LogP contribution in [0.4, 0.5) is 4.39 Å². The summed E-state index contributed by atoms with van der Waals surface area (Å²) in [6, 6.07) is 4.72. The fourth-order valence-electron chi connectivity index (χ4n) is 1.72. The Hall–Kier alpha value is -2.77. The molecule has 2 rings (SSSR count). The van der Waals surface area contributed by atoms with Gasteiger partial charge in [-0.05, 0) is 31.2 Å². The lowest BCUT2D eigenvalue weighted by Gasteiger charge is -2.08. The van der Waals surface area contributed by atoms with Crippen molar-refractivity contribution in [1.29, 1.82) is 0 Å². The van der Waals surface area contributed by atoms with E-state index in [1.807, 2.05) is 0 Å². The van der Waals surface area contributed by atoms with Crippen LogP contribution in [0.2, 0.25) is 0 Å². The van der Waals surface area contributed by atoms with Crippen molar-refractivity contribution in [1.82, 2.24) is 14.3 Å². The fraction of sp³-hybridized carbons (Fsp3) is 0.231. The second kappa shape index (κ2) is 5.70. The fourth-order valence-corrected chi connectivity index (χ4v) is 1.72. The summed E-state index contributed by atoms with van der Waals surface area (Å²) >= 11 is 0. The molecule has 0 saturated heterocycles. The van der Waals surface area contributed by atoms with Gasteiger partial charge in [-0.2, -0.15) is 5.10 Å². The van der Waals surface area contributed by atoms with Crippen LogP contribution in [0, 0.1) is 5.82 Å². The molecule has 0 unspecified atom stereocenters. The zero-order valence-electron chi connectivity index (χ0n) is 11.4. The zero-order chi connectivity index (χ0) is 15.6. The summed E-state index contributed by atoms with van der Waals surface area (Å²) in [5.74, 6) is -1.43. The third kappa shape index (κ3) is 2.73. The quantitative estimate of drug-likeness (QED) is 0.757. The molecule has 0 bridgehead atoms. The molecule has 110 valence electrons. The number of hydrogen-bond acceptors (Lipinski definition) is 5. The molecule has 0 atom stereocenters. The average Bonchev–Trinajstić information content (AvgIpc) is 2.45. The summed E-state index contributed by atoms with van der Waals surface area (Å²) in [6.45, 7) is 1.65. The monoisotopic (exact) mass is 293 g/mol. The highest BCUT2D eigenvalue weighted by Gasteiger charge is 2.20. The van der Waals surface area contributed by atoms with Crippen molar-refractivity contribution in [2.75, 3.05) is 6.61 Å². The first kappa shape index (κ1) is 14.6. The Labute approximate surface area is 118 Å². The molecule has 0 amide bonds. The van der Waals surface area contributed by atoms with E-state index in [0.717, 1.165) is 21.4 Å². The number of halogens is 1. The first-order valence-corrected chi connectivity index (χ1v) is 6.09. The third-order valence-corrected chi connectivity index (χ3v) is 2.68. The maximum atomic E-state index is 12.9. The molecule has 21 heavy (non-hydrogen) atoms. The average molecular weight is 293 g/mol. The van der Waals surface area contributed by atoms with E-state index in [1.165, 1.54) is 19.2 Å². The summed E-state index contributed by atoms with van der Waals surface area (Å²) in [5.41, 5.74) is -2.04. The van der Waals surface area contributed by atoms with E-state index in [4.69, 9.17) is 4.74 Å². The van der Waals surface area contributed by atoms with Crippen molar-refractivity contribution < 1.29 is 13.9 Å². The number of carbonyl (C=O) groups is 1. The Morgan fingerprint density at radius 3 is 2.48 bits per heavy atom. The summed E-state index contributed by atoms with van der Waals surface area (Å²) in [4.78, 5) is 36.0. The summed E-state index contributed by atoms with van der Waals surface area (Å²) in [6.07, 6.45) is 0. The van der Waals surface area contributed by atoms with Gasteiger partial charge in [-0.15, -0.1) is 0 Å². The first-order valence-electron chi connectivity index (χ1n) is 6.09. The number of nitrogens with zero attached hydrogens (tertiary/aromatic N) is 3. The van der Waals surface area contributed by atoms with Crippen molar-refractivity contribution in [3.8, 4) is 5.69 Å². The Bertz CT molecular complexity index is 793. The van der Waals surface area contributed by atoms with Gasteiger partial charge in [-0.1, -0.05) is 0 Å². The van der Waals surface area contributed by atoms with Crippen LogP contribution in [0.15, 0.2) is 33.9 Å². The predicted octanol–water partition coefficient (Wildman–Crippen LogP) is 0.247. The zero-order valence-corrected chi connectivity index (χ0v) is 11.4. The minimum absolute atomic E-state index is 0.0688. The Morgan fingerprint density at radius 2 is 1.90 bits per heavy atom. The molecule has 1 aromatic heterocycles. The number of ether oxygens (including phenoxy) is 1. The third-order valence-electron chi connectivity index (χ3n) is 2.68. The van der Waals surface area contributed by atoms with E-state index in [2.05, 4.69) is 5.10 Å². The van der Waals surface area contributed by atoms with Crippen LogP contribution < -0.4 is 11.2 Å². The molecule has 0 aliphatic carbocycles. The minimum Gasteiger partial charge on any atom is -0.461 e. The number of carbonyl (C=O) groups excluding carboxylic acids is 1. The molecule has 1 heterocycles. The molecule has 1 aromatic carbocycles. The highest BCUT2D eigenvalue weighted by molar-refractivity contribution is 5.86. The van der Waals surface area contributed by atoms with Crippen LogP contribution in [0.3, 0.4) is 0 Å². The standard InChI is InChI=1S/C13H12FN3O4/c1-3-21-12(19)10-11(18)17(13(20)16(2)15-10)9-6-4-8(14)5-7-9/h4-7H,3H2,1-2H3. The molecule has 0 aliphatic heterocycles. The maximum Gasteiger partial charge on any atom is 0.364 e. The molecule has 8 heteroatoms. The summed E-state index contributed by atoms with van der Waals surface area (Å²) in [7, 11) is 1.30. The van der Waals surface area contributed by atoms with Crippen molar-refractivity contribution in [3.05, 3.63) is 56.6 Å². The predicted molar refractivity (Wildman–Crippen MR) is 71.0 cm³/mol. The maximum absolute atomic E-state index is 12.9. The molecule has 2 aromatic rings. The van der Waals surface area contributed by atoms with Gasteiger partial charge >= 0.3 is 11.7 Å². The lowest BCUT2D eigenvalue weighted by Crippen LogP contribution is -2.43. The van der Waals surface area contributed by atoms with E-state index >= 15 is 0 Å². The van der Waals surface area contributed by atoms with Crippen LogP contribution in [-0.4, -0.2) is 26.9 Å². The minimum atomic E-state index is -0.922. The number of aromatic nitrogens is 3. The molecule has 0 N–H and O–H groups in total. The lowest BCUT2D eigenvalue weighted by atomic mass is 10.3. The van der Waals surface area contributed by atoms with Crippen molar-refractivity contribution >= 4 is 5.97 Å². The SMILES string of the molecule is CCOC(=O)c1nn(C)c(=O)n(-c2ccc(F)cc2)c1=O. The number of esters is 1. The lowest BCUT2D eigenvalue weighted by molar-refractivity contribution is 0.0513. The summed E-state index contributed by atoms with van der Waals surface area (Å²) in [5, 5.41) is 3.62. The van der Waals surface area contributed by atoms with Crippen LogP contribution in [-0.2, 0) is 11.8 Å². The van der Waals surface area contributed by atoms with Crippen molar-refractivity contribution in [2.24, 2.45) is 7.05 Å². The van der Waals surface area contributed by atoms with Gasteiger partial charge in [-0.3, -0.25) is 4.79 Å².